The van der Waals surface area contributed by atoms with Gasteiger partial charge in [0.1, 0.15) is 5.75 Å². The fourth-order valence-electron chi connectivity index (χ4n) is 3.20. The molecule has 0 aliphatic heterocycles. The van der Waals surface area contributed by atoms with Crippen LogP contribution in [0.3, 0.4) is 0 Å². The summed E-state index contributed by atoms with van der Waals surface area (Å²) in [5.41, 5.74) is 4.30. The van der Waals surface area contributed by atoms with Crippen LogP contribution in [0.25, 0.3) is 0 Å². The second kappa shape index (κ2) is 10.9. The smallest absolute Gasteiger partial charge is 0.253 e. The van der Waals surface area contributed by atoms with Gasteiger partial charge in [-0.15, -0.1) is 0 Å². The summed E-state index contributed by atoms with van der Waals surface area (Å²) in [6.07, 6.45) is 4.14. The van der Waals surface area contributed by atoms with Gasteiger partial charge in [-0.05, 0) is 61.2 Å². The molecule has 3 rings (SSSR count). The SMILES string of the molecule is Cc1cccc(C)c1OCCCC(=O)Nc1cccc(CNC(=O)c2cccnc2)c1. The number of benzene rings is 2. The fraction of sp³-hybridized carbons (Fsp3) is 0.240. The van der Waals surface area contributed by atoms with Crippen LogP contribution in [0.4, 0.5) is 5.69 Å². The van der Waals surface area contributed by atoms with Crippen molar-refractivity contribution >= 4 is 17.5 Å². The minimum absolute atomic E-state index is 0.0679. The first-order valence-corrected chi connectivity index (χ1v) is 10.3. The Labute approximate surface area is 182 Å². The van der Waals surface area contributed by atoms with Crippen molar-refractivity contribution < 1.29 is 14.3 Å². The Morgan fingerprint density at radius 3 is 2.52 bits per heavy atom. The average Bonchev–Trinajstić information content (AvgIpc) is 2.77. The molecule has 2 aromatic carbocycles. The van der Waals surface area contributed by atoms with Crippen molar-refractivity contribution in [2.45, 2.75) is 33.2 Å². The number of ether oxygens (including phenoxy) is 1. The van der Waals surface area contributed by atoms with Crippen molar-refractivity contribution in [1.82, 2.24) is 10.3 Å². The zero-order valence-electron chi connectivity index (χ0n) is 17.9. The second-order valence-electron chi connectivity index (χ2n) is 7.35. The van der Waals surface area contributed by atoms with Crippen LogP contribution in [0, 0.1) is 13.8 Å². The summed E-state index contributed by atoms with van der Waals surface area (Å²) in [6.45, 7) is 4.88. The summed E-state index contributed by atoms with van der Waals surface area (Å²) < 4.78 is 5.85. The highest BCUT2D eigenvalue weighted by molar-refractivity contribution is 5.93. The molecular formula is C25H27N3O3. The zero-order valence-corrected chi connectivity index (χ0v) is 17.9. The van der Waals surface area contributed by atoms with Gasteiger partial charge in [0, 0.05) is 31.0 Å². The molecule has 0 aliphatic rings. The molecule has 160 valence electrons. The van der Waals surface area contributed by atoms with Crippen LogP contribution >= 0.6 is 0 Å². The molecule has 31 heavy (non-hydrogen) atoms. The number of aryl methyl sites for hydroxylation is 2. The van der Waals surface area contributed by atoms with E-state index in [2.05, 4.69) is 15.6 Å². The number of amides is 2. The van der Waals surface area contributed by atoms with E-state index in [0.29, 0.717) is 37.2 Å². The molecule has 2 amide bonds. The summed E-state index contributed by atoms with van der Waals surface area (Å²) in [5, 5.41) is 5.76. The maximum Gasteiger partial charge on any atom is 0.253 e. The van der Waals surface area contributed by atoms with Gasteiger partial charge in [-0.2, -0.15) is 0 Å². The van der Waals surface area contributed by atoms with Gasteiger partial charge in [-0.1, -0.05) is 30.3 Å². The van der Waals surface area contributed by atoms with Crippen molar-refractivity contribution in [2.75, 3.05) is 11.9 Å². The van der Waals surface area contributed by atoms with Crippen molar-refractivity contribution in [3.05, 3.63) is 89.2 Å². The maximum atomic E-state index is 12.3. The molecule has 2 N–H and O–H groups in total. The molecule has 0 aliphatic carbocycles. The van der Waals surface area contributed by atoms with Gasteiger partial charge in [0.15, 0.2) is 0 Å². The number of rotatable bonds is 9. The molecule has 0 atom stereocenters. The van der Waals surface area contributed by atoms with E-state index in [0.717, 1.165) is 22.4 Å². The monoisotopic (exact) mass is 417 g/mol. The number of para-hydroxylation sites is 1. The van der Waals surface area contributed by atoms with Gasteiger partial charge in [0.05, 0.1) is 12.2 Å². The molecule has 1 heterocycles. The van der Waals surface area contributed by atoms with E-state index in [1.807, 2.05) is 56.3 Å². The normalized spacial score (nSPS) is 10.4. The Hall–Kier alpha value is -3.67. The number of anilines is 1. The number of nitrogens with one attached hydrogen (secondary N) is 2. The lowest BCUT2D eigenvalue weighted by molar-refractivity contribution is -0.116. The Morgan fingerprint density at radius 1 is 1.00 bits per heavy atom. The van der Waals surface area contributed by atoms with Crippen LogP contribution in [-0.4, -0.2) is 23.4 Å². The molecule has 6 nitrogen and oxygen atoms in total. The molecule has 6 heteroatoms. The van der Waals surface area contributed by atoms with E-state index >= 15 is 0 Å². The van der Waals surface area contributed by atoms with Crippen LogP contribution in [0.5, 0.6) is 5.75 Å². The number of hydrogen-bond donors (Lipinski definition) is 2. The molecule has 0 unspecified atom stereocenters. The molecule has 0 fully saturated rings. The number of nitrogens with zero attached hydrogens (tertiary/aromatic N) is 1. The van der Waals surface area contributed by atoms with E-state index in [4.69, 9.17) is 4.74 Å². The highest BCUT2D eigenvalue weighted by Crippen LogP contribution is 2.22. The summed E-state index contributed by atoms with van der Waals surface area (Å²) in [4.78, 5) is 28.4. The quantitative estimate of drug-likeness (QED) is 0.505. The van der Waals surface area contributed by atoms with Crippen molar-refractivity contribution in [2.24, 2.45) is 0 Å². The first-order chi connectivity index (χ1) is 15.0. The summed E-state index contributed by atoms with van der Waals surface area (Å²) in [5.74, 6) is 0.636. The summed E-state index contributed by atoms with van der Waals surface area (Å²) in [6, 6.07) is 16.9. The first-order valence-electron chi connectivity index (χ1n) is 10.3. The predicted octanol–water partition coefficient (Wildman–Crippen LogP) is 4.43. The third-order valence-electron chi connectivity index (χ3n) is 4.79. The van der Waals surface area contributed by atoms with E-state index < -0.39 is 0 Å². The maximum absolute atomic E-state index is 12.3. The lowest BCUT2D eigenvalue weighted by atomic mass is 10.1. The molecule has 0 bridgehead atoms. The molecule has 0 saturated heterocycles. The fourth-order valence-corrected chi connectivity index (χ4v) is 3.20. The lowest BCUT2D eigenvalue weighted by Gasteiger charge is -2.12. The van der Waals surface area contributed by atoms with Gasteiger partial charge in [-0.25, -0.2) is 0 Å². The Kier molecular flexibility index (Phi) is 7.76. The van der Waals surface area contributed by atoms with Crippen molar-refractivity contribution in [3.63, 3.8) is 0 Å². The Morgan fingerprint density at radius 2 is 1.77 bits per heavy atom. The largest absolute Gasteiger partial charge is 0.493 e. The predicted molar refractivity (Wildman–Crippen MR) is 121 cm³/mol. The van der Waals surface area contributed by atoms with Crippen LogP contribution < -0.4 is 15.4 Å². The van der Waals surface area contributed by atoms with Gasteiger partial charge in [-0.3, -0.25) is 14.6 Å². The third-order valence-corrected chi connectivity index (χ3v) is 4.79. The highest BCUT2D eigenvalue weighted by Gasteiger charge is 2.07. The summed E-state index contributed by atoms with van der Waals surface area (Å²) in [7, 11) is 0. The van der Waals surface area contributed by atoms with Gasteiger partial charge in [0.25, 0.3) is 5.91 Å². The Bertz CT molecular complexity index is 1010. The van der Waals surface area contributed by atoms with E-state index in [1.54, 1.807) is 18.3 Å². The van der Waals surface area contributed by atoms with E-state index in [9.17, 15) is 9.59 Å². The first kappa shape index (κ1) is 22.0. The average molecular weight is 418 g/mol. The van der Waals surface area contributed by atoms with Gasteiger partial charge in [0.2, 0.25) is 5.91 Å². The molecule has 1 aromatic heterocycles. The molecule has 0 saturated carbocycles. The molecular weight excluding hydrogens is 390 g/mol. The number of carbonyl (C=O) groups excluding carboxylic acids is 2. The molecule has 0 radical (unpaired) electrons. The Balaban J connectivity index is 1.43. The molecule has 0 spiro atoms. The zero-order chi connectivity index (χ0) is 22.1. The number of aromatic nitrogens is 1. The topological polar surface area (TPSA) is 80.3 Å². The number of carbonyl (C=O) groups is 2. The van der Waals surface area contributed by atoms with Crippen LogP contribution in [-0.2, 0) is 11.3 Å². The van der Waals surface area contributed by atoms with Gasteiger partial charge >= 0.3 is 0 Å². The minimum atomic E-state index is -0.188. The second-order valence-corrected chi connectivity index (χ2v) is 7.35. The third kappa shape index (κ3) is 6.67. The van der Waals surface area contributed by atoms with Crippen molar-refractivity contribution in [1.29, 1.82) is 0 Å². The number of hydrogen-bond acceptors (Lipinski definition) is 4. The van der Waals surface area contributed by atoms with Crippen LogP contribution in [0.2, 0.25) is 0 Å². The van der Waals surface area contributed by atoms with E-state index in [1.165, 1.54) is 6.20 Å². The van der Waals surface area contributed by atoms with Crippen LogP contribution in [0.15, 0.2) is 67.0 Å². The van der Waals surface area contributed by atoms with E-state index in [-0.39, 0.29) is 11.8 Å². The van der Waals surface area contributed by atoms with Gasteiger partial charge < -0.3 is 15.4 Å². The lowest BCUT2D eigenvalue weighted by Crippen LogP contribution is -2.23. The van der Waals surface area contributed by atoms with Crippen LogP contribution in [0.1, 0.15) is 39.9 Å². The minimum Gasteiger partial charge on any atom is -0.493 e. The molecule has 3 aromatic rings. The summed E-state index contributed by atoms with van der Waals surface area (Å²) >= 11 is 0. The number of pyridine rings is 1. The van der Waals surface area contributed by atoms with Crippen molar-refractivity contribution in [3.8, 4) is 5.75 Å². The highest BCUT2D eigenvalue weighted by atomic mass is 16.5. The standard InChI is InChI=1S/C25H27N3O3/c1-18-7-3-8-19(2)24(18)31-14-6-12-23(29)28-22-11-4-9-20(15-22)16-27-25(30)21-10-5-13-26-17-21/h3-5,7-11,13,15,17H,6,12,14,16H2,1-2H3,(H,27,30)(H,28,29).